The number of halogens is 2. The van der Waals surface area contributed by atoms with Crippen molar-refractivity contribution >= 4 is 39.2 Å². The van der Waals surface area contributed by atoms with Crippen molar-refractivity contribution in [3.63, 3.8) is 0 Å². The van der Waals surface area contributed by atoms with Gasteiger partial charge in [0.2, 0.25) is 11.1 Å². The van der Waals surface area contributed by atoms with E-state index < -0.39 is 11.6 Å². The minimum atomic E-state index is -0.697. The molecule has 28 heavy (non-hydrogen) atoms. The summed E-state index contributed by atoms with van der Waals surface area (Å²) in [4.78, 5) is 18.3. The SMILES string of the molecule is Cn1nnnc1SCC(=O)N1CCC(Oc2nc3c(F)cc(F)cc3s2)CC1. The van der Waals surface area contributed by atoms with Crippen LogP contribution >= 0.6 is 23.1 Å². The molecule has 4 rings (SSSR count). The minimum absolute atomic E-state index is 0.0176. The number of aryl methyl sites for hydroxylation is 1. The molecular formula is C16H16F2N6O2S2. The normalized spacial score (nSPS) is 15.3. The van der Waals surface area contributed by atoms with Gasteiger partial charge in [-0.05, 0) is 16.5 Å². The van der Waals surface area contributed by atoms with E-state index in [0.717, 1.165) is 17.4 Å². The topological polar surface area (TPSA) is 86.0 Å². The summed E-state index contributed by atoms with van der Waals surface area (Å²) in [5, 5.41) is 12.0. The van der Waals surface area contributed by atoms with Crippen molar-refractivity contribution in [3.05, 3.63) is 23.8 Å². The highest BCUT2D eigenvalue weighted by molar-refractivity contribution is 7.99. The molecule has 3 aromatic rings. The van der Waals surface area contributed by atoms with Crippen LogP contribution in [0, 0.1) is 11.6 Å². The maximum atomic E-state index is 13.8. The second-order valence-corrected chi connectivity index (χ2v) is 8.22. The van der Waals surface area contributed by atoms with Crippen molar-refractivity contribution < 1.29 is 18.3 Å². The van der Waals surface area contributed by atoms with Gasteiger partial charge in [-0.15, -0.1) is 5.10 Å². The van der Waals surface area contributed by atoms with Crippen molar-refractivity contribution in [3.8, 4) is 5.19 Å². The zero-order valence-electron chi connectivity index (χ0n) is 14.8. The Morgan fingerprint density at radius 3 is 2.86 bits per heavy atom. The average Bonchev–Trinajstić information content (AvgIpc) is 3.26. The highest BCUT2D eigenvalue weighted by atomic mass is 32.2. The van der Waals surface area contributed by atoms with Crippen molar-refractivity contribution in [2.75, 3.05) is 18.8 Å². The van der Waals surface area contributed by atoms with E-state index >= 15 is 0 Å². The third-order valence-electron chi connectivity index (χ3n) is 4.36. The Kier molecular flexibility index (Phi) is 5.40. The molecule has 1 amide bonds. The number of nitrogens with zero attached hydrogens (tertiary/aromatic N) is 6. The van der Waals surface area contributed by atoms with Crippen LogP contribution in [0.4, 0.5) is 8.78 Å². The highest BCUT2D eigenvalue weighted by Crippen LogP contribution is 2.32. The summed E-state index contributed by atoms with van der Waals surface area (Å²) in [5.74, 6) is -1.05. The first-order chi connectivity index (χ1) is 13.5. The first-order valence-corrected chi connectivity index (χ1v) is 10.3. The number of thioether (sulfide) groups is 1. The molecule has 1 aromatic carbocycles. The van der Waals surface area contributed by atoms with Gasteiger partial charge >= 0.3 is 0 Å². The van der Waals surface area contributed by atoms with E-state index in [1.807, 2.05) is 0 Å². The second kappa shape index (κ2) is 7.95. The lowest BCUT2D eigenvalue weighted by molar-refractivity contribution is -0.130. The number of hydrogen-bond donors (Lipinski definition) is 0. The predicted octanol–water partition coefficient (Wildman–Crippen LogP) is 2.26. The Hall–Kier alpha value is -2.34. The van der Waals surface area contributed by atoms with Gasteiger partial charge in [0.15, 0.2) is 5.82 Å². The van der Waals surface area contributed by atoms with Crippen LogP contribution in [0.1, 0.15) is 12.8 Å². The van der Waals surface area contributed by atoms with Crippen LogP contribution in [-0.4, -0.2) is 60.9 Å². The van der Waals surface area contributed by atoms with Gasteiger partial charge in [0.25, 0.3) is 5.19 Å². The van der Waals surface area contributed by atoms with E-state index in [-0.39, 0.29) is 23.3 Å². The number of rotatable bonds is 5. The molecule has 0 unspecified atom stereocenters. The van der Waals surface area contributed by atoms with Crippen molar-refractivity contribution in [1.82, 2.24) is 30.1 Å². The summed E-state index contributed by atoms with van der Waals surface area (Å²) < 4.78 is 34.8. The Morgan fingerprint density at radius 1 is 1.36 bits per heavy atom. The highest BCUT2D eigenvalue weighted by Gasteiger charge is 2.25. The molecule has 3 heterocycles. The quantitative estimate of drug-likeness (QED) is 0.579. The molecule has 1 fully saturated rings. The lowest BCUT2D eigenvalue weighted by Crippen LogP contribution is -2.42. The van der Waals surface area contributed by atoms with Crippen LogP contribution in [0.25, 0.3) is 10.2 Å². The van der Waals surface area contributed by atoms with Gasteiger partial charge in [-0.3, -0.25) is 4.79 Å². The molecule has 0 spiro atoms. The number of benzene rings is 1. The smallest absolute Gasteiger partial charge is 0.274 e. The zero-order chi connectivity index (χ0) is 19.7. The molecule has 0 saturated carbocycles. The van der Waals surface area contributed by atoms with E-state index in [9.17, 15) is 13.6 Å². The molecule has 1 aliphatic heterocycles. The summed E-state index contributed by atoms with van der Waals surface area (Å²) in [6.07, 6.45) is 1.18. The fourth-order valence-electron chi connectivity index (χ4n) is 2.91. The molecule has 8 nitrogen and oxygen atoms in total. The number of piperidine rings is 1. The maximum absolute atomic E-state index is 13.8. The standard InChI is InChI=1S/C16H16F2N6O2S2/c1-23-15(20-21-22-23)27-8-13(25)24-4-2-10(3-5-24)26-16-19-14-11(18)6-9(17)7-12(14)28-16/h6-7,10H,2-5,8H2,1H3. The molecule has 1 saturated heterocycles. The van der Waals surface area contributed by atoms with Gasteiger partial charge in [-0.1, -0.05) is 23.1 Å². The Balaban J connectivity index is 1.30. The molecule has 0 N–H and O–H groups in total. The molecule has 0 aliphatic carbocycles. The fraction of sp³-hybridized carbons (Fsp3) is 0.438. The number of aromatic nitrogens is 5. The van der Waals surface area contributed by atoms with Crippen molar-refractivity contribution in [2.45, 2.75) is 24.1 Å². The molecule has 1 aliphatic rings. The van der Waals surface area contributed by atoms with Crippen molar-refractivity contribution in [2.24, 2.45) is 7.05 Å². The van der Waals surface area contributed by atoms with E-state index in [4.69, 9.17) is 4.74 Å². The van der Waals surface area contributed by atoms with Gasteiger partial charge < -0.3 is 9.64 Å². The monoisotopic (exact) mass is 426 g/mol. The zero-order valence-corrected chi connectivity index (χ0v) is 16.5. The third kappa shape index (κ3) is 4.07. The summed E-state index contributed by atoms with van der Waals surface area (Å²) in [6, 6.07) is 2.06. The second-order valence-electron chi connectivity index (χ2n) is 6.29. The number of carbonyl (C=O) groups excluding carboxylic acids is 1. The van der Waals surface area contributed by atoms with E-state index in [1.54, 1.807) is 11.9 Å². The lowest BCUT2D eigenvalue weighted by Gasteiger charge is -2.31. The first kappa shape index (κ1) is 19.0. The Bertz CT molecular complexity index is 1000. The summed E-state index contributed by atoms with van der Waals surface area (Å²) >= 11 is 2.41. The predicted molar refractivity (Wildman–Crippen MR) is 99.3 cm³/mol. The van der Waals surface area contributed by atoms with Gasteiger partial charge in [0.1, 0.15) is 17.4 Å². The summed E-state index contributed by atoms with van der Waals surface area (Å²) in [7, 11) is 1.72. The van der Waals surface area contributed by atoms with E-state index in [1.165, 1.54) is 22.5 Å². The van der Waals surface area contributed by atoms with Gasteiger partial charge in [-0.25, -0.2) is 13.5 Å². The number of amides is 1. The molecule has 0 bridgehead atoms. The van der Waals surface area contributed by atoms with Crippen LogP contribution in [-0.2, 0) is 11.8 Å². The molecular weight excluding hydrogens is 410 g/mol. The number of hydrogen-bond acceptors (Lipinski definition) is 8. The van der Waals surface area contributed by atoms with Crippen LogP contribution in [0.15, 0.2) is 17.3 Å². The Morgan fingerprint density at radius 2 is 2.14 bits per heavy atom. The van der Waals surface area contributed by atoms with E-state index in [2.05, 4.69) is 20.5 Å². The number of ether oxygens (including phenoxy) is 1. The van der Waals surface area contributed by atoms with Gasteiger partial charge in [0.05, 0.1) is 10.5 Å². The van der Waals surface area contributed by atoms with Crippen LogP contribution < -0.4 is 4.74 Å². The molecule has 0 atom stereocenters. The average molecular weight is 426 g/mol. The number of carbonyl (C=O) groups is 1. The fourth-order valence-corrected chi connectivity index (χ4v) is 4.59. The summed E-state index contributed by atoms with van der Waals surface area (Å²) in [5.41, 5.74) is 0.115. The molecule has 2 aromatic heterocycles. The van der Waals surface area contributed by atoms with Crippen LogP contribution in [0.3, 0.4) is 0 Å². The largest absolute Gasteiger partial charge is 0.467 e. The molecule has 148 valence electrons. The van der Waals surface area contributed by atoms with Crippen LogP contribution in [0.5, 0.6) is 5.19 Å². The minimum Gasteiger partial charge on any atom is -0.467 e. The number of tetrazole rings is 1. The Labute approximate surface area is 166 Å². The van der Waals surface area contributed by atoms with E-state index in [0.29, 0.717) is 41.0 Å². The lowest BCUT2D eigenvalue weighted by atomic mass is 10.1. The first-order valence-electron chi connectivity index (χ1n) is 8.55. The molecule has 12 heteroatoms. The van der Waals surface area contributed by atoms with Crippen molar-refractivity contribution in [1.29, 1.82) is 0 Å². The summed E-state index contributed by atoms with van der Waals surface area (Å²) in [6.45, 7) is 1.13. The van der Waals surface area contributed by atoms with Gasteiger partial charge in [0, 0.05) is 39.0 Å². The number of likely N-dealkylation sites (tertiary alicyclic amines) is 1. The number of thiazole rings is 1. The number of fused-ring (bicyclic) bond motifs is 1. The van der Waals surface area contributed by atoms with Gasteiger partial charge in [-0.2, -0.15) is 4.98 Å². The third-order valence-corrected chi connectivity index (χ3v) is 6.25. The molecule has 0 radical (unpaired) electrons. The van der Waals surface area contributed by atoms with Crippen LogP contribution in [0.2, 0.25) is 0 Å². The maximum Gasteiger partial charge on any atom is 0.274 e.